The molecule has 7 heteroatoms. The number of ether oxygens (including phenoxy) is 2. The quantitative estimate of drug-likeness (QED) is 0.113. The van der Waals surface area contributed by atoms with E-state index in [9.17, 15) is 9.18 Å². The van der Waals surface area contributed by atoms with E-state index in [1.54, 1.807) is 19.1 Å². The highest BCUT2D eigenvalue weighted by molar-refractivity contribution is 6.32. The van der Waals surface area contributed by atoms with Crippen LogP contribution < -0.4 is 5.32 Å². The highest BCUT2D eigenvalue weighted by atomic mass is 35.5. The van der Waals surface area contributed by atoms with Gasteiger partial charge in [-0.05, 0) is 96.3 Å². The summed E-state index contributed by atoms with van der Waals surface area (Å²) >= 11 is 6.55. The van der Waals surface area contributed by atoms with E-state index in [1.165, 1.54) is 24.4 Å². The monoisotopic (exact) mass is 560 g/mol. The molecule has 208 valence electrons. The minimum absolute atomic E-state index is 0.0762. The van der Waals surface area contributed by atoms with Gasteiger partial charge in [0.05, 0.1) is 11.6 Å². The van der Waals surface area contributed by atoms with Crippen LogP contribution in [-0.4, -0.2) is 31.6 Å². The number of anilines is 1. The summed E-state index contributed by atoms with van der Waals surface area (Å²) in [6, 6.07) is 18.3. The molecule has 1 unspecified atom stereocenters. The summed E-state index contributed by atoms with van der Waals surface area (Å²) < 4.78 is 24.8. The SMILES string of the molecule is CCOC(=O)/C=C/c1ccc(/C(=C(/CC)c2ccc(F)cc2Cl)c2ccc(NC3CCCCO3)c(C=N)c2)cc1. The van der Waals surface area contributed by atoms with Gasteiger partial charge in [0.2, 0.25) is 0 Å². The molecular weight excluding hydrogens is 527 g/mol. The number of carbonyl (C=O) groups excluding carboxylic acids is 1. The third kappa shape index (κ3) is 7.26. The standard InChI is InChI=1S/C33H34ClFN2O3/c1-3-27(28-15-14-26(35)20-29(28)34)33(23-11-8-22(9-12-23)10-17-32(38)39-4-2)24-13-16-30(25(19-24)21-36)37-31-7-5-6-18-40-31/h8-17,19-21,31,36-37H,3-7,18H2,1-2H3/b17-10+,33-27+,36-21?. The number of hydrogen-bond acceptors (Lipinski definition) is 5. The highest BCUT2D eigenvalue weighted by Crippen LogP contribution is 2.38. The Labute approximate surface area is 240 Å². The first-order chi connectivity index (χ1) is 19.4. The number of nitrogens with one attached hydrogen (secondary N) is 2. The van der Waals surface area contributed by atoms with Crippen LogP contribution in [-0.2, 0) is 14.3 Å². The van der Waals surface area contributed by atoms with Crippen LogP contribution in [0, 0.1) is 11.2 Å². The molecule has 1 fully saturated rings. The lowest BCUT2D eigenvalue weighted by atomic mass is 9.87. The number of esters is 1. The molecule has 0 aromatic heterocycles. The number of rotatable bonds is 10. The molecule has 40 heavy (non-hydrogen) atoms. The summed E-state index contributed by atoms with van der Waals surface area (Å²) in [6.45, 7) is 4.86. The Morgan fingerprint density at radius 3 is 2.52 bits per heavy atom. The van der Waals surface area contributed by atoms with E-state index in [0.717, 1.165) is 70.5 Å². The minimum atomic E-state index is -0.394. The molecule has 1 atom stereocenters. The van der Waals surface area contributed by atoms with Gasteiger partial charge in [-0.25, -0.2) is 9.18 Å². The average Bonchev–Trinajstić information content (AvgIpc) is 2.97. The summed E-state index contributed by atoms with van der Waals surface area (Å²) in [7, 11) is 0. The van der Waals surface area contributed by atoms with Crippen molar-refractivity contribution in [3.63, 3.8) is 0 Å². The summed E-state index contributed by atoms with van der Waals surface area (Å²) in [5, 5.41) is 11.9. The third-order valence-electron chi connectivity index (χ3n) is 6.80. The first kappa shape index (κ1) is 29.2. The van der Waals surface area contributed by atoms with Crippen LogP contribution in [0.2, 0.25) is 5.02 Å². The van der Waals surface area contributed by atoms with Crippen molar-refractivity contribution in [1.29, 1.82) is 5.41 Å². The Hall–Kier alpha value is -3.74. The van der Waals surface area contributed by atoms with Crippen molar-refractivity contribution in [2.24, 2.45) is 0 Å². The van der Waals surface area contributed by atoms with Crippen LogP contribution in [0.4, 0.5) is 10.1 Å². The molecule has 5 nitrogen and oxygen atoms in total. The van der Waals surface area contributed by atoms with Crippen molar-refractivity contribution in [2.45, 2.75) is 45.8 Å². The van der Waals surface area contributed by atoms with Crippen LogP contribution in [0.25, 0.3) is 17.2 Å². The van der Waals surface area contributed by atoms with E-state index in [4.69, 9.17) is 26.5 Å². The van der Waals surface area contributed by atoms with Crippen LogP contribution >= 0.6 is 11.6 Å². The largest absolute Gasteiger partial charge is 0.463 e. The Morgan fingerprint density at radius 1 is 1.10 bits per heavy atom. The summed E-state index contributed by atoms with van der Waals surface area (Å²) in [4.78, 5) is 11.7. The van der Waals surface area contributed by atoms with E-state index in [2.05, 4.69) is 5.32 Å². The van der Waals surface area contributed by atoms with Crippen molar-refractivity contribution in [1.82, 2.24) is 0 Å². The van der Waals surface area contributed by atoms with E-state index in [-0.39, 0.29) is 6.23 Å². The predicted octanol–water partition coefficient (Wildman–Crippen LogP) is 8.36. The minimum Gasteiger partial charge on any atom is -0.463 e. The van der Waals surface area contributed by atoms with Gasteiger partial charge < -0.3 is 20.2 Å². The zero-order chi connectivity index (χ0) is 28.5. The first-order valence-electron chi connectivity index (χ1n) is 13.6. The molecule has 0 saturated carbocycles. The summed E-state index contributed by atoms with van der Waals surface area (Å²) in [5.74, 6) is -0.784. The van der Waals surface area contributed by atoms with E-state index < -0.39 is 11.8 Å². The van der Waals surface area contributed by atoms with Crippen molar-refractivity contribution in [3.8, 4) is 0 Å². The molecule has 1 heterocycles. The second kappa shape index (κ2) is 14.1. The van der Waals surface area contributed by atoms with Crippen molar-refractivity contribution in [3.05, 3.63) is 105 Å². The Morgan fingerprint density at radius 2 is 1.88 bits per heavy atom. The van der Waals surface area contributed by atoms with Gasteiger partial charge in [-0.1, -0.05) is 54.9 Å². The van der Waals surface area contributed by atoms with Gasteiger partial charge >= 0.3 is 5.97 Å². The fraction of sp³-hybridized carbons (Fsp3) is 0.273. The zero-order valence-electron chi connectivity index (χ0n) is 22.8. The fourth-order valence-corrected chi connectivity index (χ4v) is 5.15. The highest BCUT2D eigenvalue weighted by Gasteiger charge is 2.19. The molecule has 0 amide bonds. The number of hydrogen-bond donors (Lipinski definition) is 2. The van der Waals surface area contributed by atoms with Gasteiger partial charge in [-0.15, -0.1) is 0 Å². The molecule has 1 aliphatic heterocycles. The van der Waals surface area contributed by atoms with Gasteiger partial charge in [0.25, 0.3) is 0 Å². The smallest absolute Gasteiger partial charge is 0.330 e. The zero-order valence-corrected chi connectivity index (χ0v) is 23.6. The lowest BCUT2D eigenvalue weighted by Crippen LogP contribution is -2.27. The van der Waals surface area contributed by atoms with Gasteiger partial charge in [0.15, 0.2) is 0 Å². The van der Waals surface area contributed by atoms with Crippen molar-refractivity contribution >= 4 is 46.7 Å². The third-order valence-corrected chi connectivity index (χ3v) is 7.11. The average molecular weight is 561 g/mol. The molecule has 0 radical (unpaired) electrons. The Bertz CT molecular complexity index is 1410. The number of allylic oxidation sites excluding steroid dienone is 1. The topological polar surface area (TPSA) is 71.4 Å². The molecule has 4 rings (SSSR count). The lowest BCUT2D eigenvalue weighted by Gasteiger charge is -2.25. The maximum absolute atomic E-state index is 13.9. The number of carbonyl (C=O) groups is 1. The van der Waals surface area contributed by atoms with Crippen LogP contribution in [0.3, 0.4) is 0 Å². The molecule has 1 saturated heterocycles. The summed E-state index contributed by atoms with van der Waals surface area (Å²) in [6.07, 6.45) is 8.11. The first-order valence-corrected chi connectivity index (χ1v) is 14.0. The Kier molecular flexibility index (Phi) is 10.3. The fourth-order valence-electron chi connectivity index (χ4n) is 4.86. The maximum atomic E-state index is 13.9. The molecule has 0 aliphatic carbocycles. The second-order valence-corrected chi connectivity index (χ2v) is 9.89. The number of halogens is 2. The van der Waals surface area contributed by atoms with Gasteiger partial charge in [0.1, 0.15) is 12.0 Å². The molecule has 0 spiro atoms. The summed E-state index contributed by atoms with van der Waals surface area (Å²) in [5.41, 5.74) is 6.88. The molecular formula is C33H34ClFN2O3. The van der Waals surface area contributed by atoms with Crippen LogP contribution in [0.1, 0.15) is 67.3 Å². The van der Waals surface area contributed by atoms with E-state index >= 15 is 0 Å². The van der Waals surface area contributed by atoms with E-state index in [1.807, 2.05) is 49.4 Å². The lowest BCUT2D eigenvalue weighted by molar-refractivity contribution is -0.137. The van der Waals surface area contributed by atoms with Crippen LogP contribution in [0.15, 0.2) is 66.7 Å². The van der Waals surface area contributed by atoms with E-state index in [0.29, 0.717) is 18.1 Å². The predicted molar refractivity (Wildman–Crippen MR) is 161 cm³/mol. The molecule has 2 N–H and O–H groups in total. The van der Waals surface area contributed by atoms with Crippen molar-refractivity contribution in [2.75, 3.05) is 18.5 Å². The molecule has 0 bridgehead atoms. The van der Waals surface area contributed by atoms with Gasteiger partial charge in [0, 0.05) is 30.1 Å². The second-order valence-electron chi connectivity index (χ2n) is 9.48. The normalized spacial score (nSPS) is 15.9. The maximum Gasteiger partial charge on any atom is 0.330 e. The molecule has 3 aromatic carbocycles. The van der Waals surface area contributed by atoms with Crippen molar-refractivity contribution < 1.29 is 18.7 Å². The molecule has 3 aromatic rings. The number of benzene rings is 3. The van der Waals surface area contributed by atoms with Crippen LogP contribution in [0.5, 0.6) is 0 Å². The Balaban J connectivity index is 1.80. The molecule has 1 aliphatic rings. The van der Waals surface area contributed by atoms with Gasteiger partial charge in [-0.2, -0.15) is 0 Å². The van der Waals surface area contributed by atoms with Gasteiger partial charge in [-0.3, -0.25) is 0 Å².